The molecule has 1 aromatic heterocycles. The van der Waals surface area contributed by atoms with Crippen LogP contribution in [-0.4, -0.2) is 21.2 Å². The highest BCUT2D eigenvalue weighted by atomic mass is 32.2. The zero-order valence-electron chi connectivity index (χ0n) is 15.3. The minimum absolute atomic E-state index is 0.00714. The Labute approximate surface area is 162 Å². The van der Waals surface area contributed by atoms with Crippen LogP contribution in [0.5, 0.6) is 0 Å². The molecule has 27 heavy (non-hydrogen) atoms. The van der Waals surface area contributed by atoms with Crippen molar-refractivity contribution in [3.63, 3.8) is 0 Å². The molecule has 0 aliphatic rings. The number of carbonyl (C=O) groups excluding carboxylic acids is 1. The highest BCUT2D eigenvalue weighted by Crippen LogP contribution is 2.23. The molecule has 0 fully saturated rings. The number of carbonyl (C=O) groups is 1. The summed E-state index contributed by atoms with van der Waals surface area (Å²) in [6.07, 6.45) is 0. The molecule has 1 amide bonds. The summed E-state index contributed by atoms with van der Waals surface area (Å²) >= 11 is 1.46. The summed E-state index contributed by atoms with van der Waals surface area (Å²) in [6.45, 7) is 2.02. The van der Waals surface area contributed by atoms with Gasteiger partial charge in [0, 0.05) is 7.05 Å². The number of nitrogens with one attached hydrogen (secondary N) is 1. The summed E-state index contributed by atoms with van der Waals surface area (Å²) < 4.78 is 2.03. The van der Waals surface area contributed by atoms with Crippen LogP contribution in [0.2, 0.25) is 0 Å². The van der Waals surface area contributed by atoms with Crippen molar-refractivity contribution in [2.45, 2.75) is 18.1 Å². The highest BCUT2D eigenvalue weighted by molar-refractivity contribution is 7.99. The van der Waals surface area contributed by atoms with Gasteiger partial charge in [-0.15, -0.1) is 0 Å². The molecule has 1 heterocycles. The van der Waals surface area contributed by atoms with Crippen molar-refractivity contribution in [1.29, 1.82) is 0 Å². The topological polar surface area (TPSA) is 46.9 Å². The molecule has 1 unspecified atom stereocenters. The number of aryl methyl sites for hydroxylation is 1. The second-order valence-electron chi connectivity index (χ2n) is 6.63. The third-order valence-corrected chi connectivity index (χ3v) is 5.76. The lowest BCUT2D eigenvalue weighted by Gasteiger charge is -2.15. The van der Waals surface area contributed by atoms with E-state index in [-0.39, 0.29) is 11.9 Å². The minimum atomic E-state index is -0.0388. The Balaban J connectivity index is 1.41. The quantitative estimate of drug-likeness (QED) is 0.515. The van der Waals surface area contributed by atoms with E-state index in [0.29, 0.717) is 5.75 Å². The van der Waals surface area contributed by atoms with E-state index < -0.39 is 0 Å². The van der Waals surface area contributed by atoms with Gasteiger partial charge >= 0.3 is 0 Å². The number of rotatable bonds is 5. The van der Waals surface area contributed by atoms with E-state index in [2.05, 4.69) is 40.6 Å². The van der Waals surface area contributed by atoms with Crippen LogP contribution in [0.1, 0.15) is 18.5 Å². The lowest BCUT2D eigenvalue weighted by Crippen LogP contribution is -2.28. The van der Waals surface area contributed by atoms with Crippen LogP contribution in [-0.2, 0) is 11.8 Å². The van der Waals surface area contributed by atoms with Gasteiger partial charge < -0.3 is 9.88 Å². The maximum absolute atomic E-state index is 12.4. The molecule has 4 rings (SSSR count). The van der Waals surface area contributed by atoms with Gasteiger partial charge in [0.2, 0.25) is 5.91 Å². The van der Waals surface area contributed by atoms with E-state index in [4.69, 9.17) is 0 Å². The summed E-state index contributed by atoms with van der Waals surface area (Å²) in [7, 11) is 1.98. The van der Waals surface area contributed by atoms with Crippen molar-refractivity contribution in [2.75, 3.05) is 5.75 Å². The molecule has 0 radical (unpaired) electrons. The number of para-hydroxylation sites is 2. The number of nitrogens with zero attached hydrogens (tertiary/aromatic N) is 2. The number of hydrogen-bond acceptors (Lipinski definition) is 3. The molecule has 0 aliphatic heterocycles. The molecule has 0 bridgehead atoms. The molecule has 4 aromatic rings. The van der Waals surface area contributed by atoms with E-state index in [9.17, 15) is 4.79 Å². The summed E-state index contributed by atoms with van der Waals surface area (Å²) in [5.74, 6) is 0.349. The Hall–Kier alpha value is -2.79. The highest BCUT2D eigenvalue weighted by Gasteiger charge is 2.13. The molecule has 1 atom stereocenters. The minimum Gasteiger partial charge on any atom is -0.349 e. The van der Waals surface area contributed by atoms with Crippen molar-refractivity contribution >= 4 is 39.5 Å². The lowest BCUT2D eigenvalue weighted by atomic mass is 10.0. The molecular formula is C22H21N3OS. The number of amides is 1. The second kappa shape index (κ2) is 7.45. The molecule has 4 nitrogen and oxygen atoms in total. The Kier molecular flexibility index (Phi) is 4.86. The van der Waals surface area contributed by atoms with E-state index in [0.717, 1.165) is 21.8 Å². The van der Waals surface area contributed by atoms with Crippen molar-refractivity contribution in [1.82, 2.24) is 14.9 Å². The van der Waals surface area contributed by atoms with Gasteiger partial charge in [-0.25, -0.2) is 4.98 Å². The van der Waals surface area contributed by atoms with E-state index in [1.165, 1.54) is 22.5 Å². The standard InChI is InChI=1S/C22H21N3OS/c1-15(17-12-11-16-7-3-4-8-18(16)13-17)23-21(26)14-27-22-24-19-9-5-6-10-20(19)25(22)2/h3-13,15H,14H2,1-2H3,(H,23,26). The smallest absolute Gasteiger partial charge is 0.230 e. The molecular weight excluding hydrogens is 354 g/mol. The summed E-state index contributed by atoms with van der Waals surface area (Å²) in [6, 6.07) is 22.5. The van der Waals surface area contributed by atoms with Crippen molar-refractivity contribution in [2.24, 2.45) is 7.05 Å². The van der Waals surface area contributed by atoms with Crippen LogP contribution in [0.25, 0.3) is 21.8 Å². The first-order chi connectivity index (χ1) is 13.1. The van der Waals surface area contributed by atoms with Crippen LogP contribution in [0, 0.1) is 0 Å². The zero-order chi connectivity index (χ0) is 18.8. The average Bonchev–Trinajstić information content (AvgIpc) is 3.02. The van der Waals surface area contributed by atoms with E-state index in [1.54, 1.807) is 0 Å². The molecule has 0 saturated heterocycles. The largest absolute Gasteiger partial charge is 0.349 e. The van der Waals surface area contributed by atoms with Crippen LogP contribution >= 0.6 is 11.8 Å². The molecule has 5 heteroatoms. The summed E-state index contributed by atoms with van der Waals surface area (Å²) in [4.78, 5) is 17.0. The Morgan fingerprint density at radius 3 is 2.63 bits per heavy atom. The van der Waals surface area contributed by atoms with Gasteiger partial charge in [-0.2, -0.15) is 0 Å². The van der Waals surface area contributed by atoms with Gasteiger partial charge in [-0.3, -0.25) is 4.79 Å². The number of hydrogen-bond donors (Lipinski definition) is 1. The summed E-state index contributed by atoms with van der Waals surface area (Å²) in [5, 5.41) is 6.33. The van der Waals surface area contributed by atoms with E-state index in [1.807, 2.05) is 54.9 Å². The zero-order valence-corrected chi connectivity index (χ0v) is 16.2. The Morgan fingerprint density at radius 2 is 1.81 bits per heavy atom. The fourth-order valence-electron chi connectivity index (χ4n) is 3.23. The van der Waals surface area contributed by atoms with Gasteiger partial charge in [0.1, 0.15) is 0 Å². The average molecular weight is 375 g/mol. The molecule has 0 saturated carbocycles. The fourth-order valence-corrected chi connectivity index (χ4v) is 4.02. The van der Waals surface area contributed by atoms with Crippen molar-refractivity contribution in [3.05, 3.63) is 72.3 Å². The summed E-state index contributed by atoms with van der Waals surface area (Å²) in [5.41, 5.74) is 3.13. The maximum atomic E-state index is 12.4. The van der Waals surface area contributed by atoms with Crippen molar-refractivity contribution in [3.8, 4) is 0 Å². The molecule has 0 aliphatic carbocycles. The third-order valence-electron chi connectivity index (χ3n) is 4.73. The molecule has 1 N–H and O–H groups in total. The molecule has 3 aromatic carbocycles. The van der Waals surface area contributed by atoms with Gasteiger partial charge in [-0.1, -0.05) is 60.3 Å². The van der Waals surface area contributed by atoms with Gasteiger partial charge in [-0.05, 0) is 41.5 Å². The first-order valence-electron chi connectivity index (χ1n) is 8.94. The molecule has 136 valence electrons. The Bertz CT molecular complexity index is 1120. The number of fused-ring (bicyclic) bond motifs is 2. The first kappa shape index (κ1) is 17.6. The van der Waals surface area contributed by atoms with Crippen LogP contribution in [0.15, 0.2) is 71.9 Å². The maximum Gasteiger partial charge on any atom is 0.230 e. The third kappa shape index (κ3) is 3.69. The predicted molar refractivity (Wildman–Crippen MR) is 112 cm³/mol. The van der Waals surface area contributed by atoms with Crippen LogP contribution < -0.4 is 5.32 Å². The van der Waals surface area contributed by atoms with Crippen molar-refractivity contribution < 1.29 is 4.79 Å². The Morgan fingerprint density at radius 1 is 1.07 bits per heavy atom. The monoisotopic (exact) mass is 375 g/mol. The van der Waals surface area contributed by atoms with Crippen LogP contribution in [0.3, 0.4) is 0 Å². The first-order valence-corrected chi connectivity index (χ1v) is 9.93. The predicted octanol–water partition coefficient (Wildman–Crippen LogP) is 4.70. The van der Waals surface area contributed by atoms with Crippen LogP contribution in [0.4, 0.5) is 0 Å². The van der Waals surface area contributed by atoms with Gasteiger partial charge in [0.05, 0.1) is 22.8 Å². The molecule has 0 spiro atoms. The SMILES string of the molecule is CC(NC(=O)CSc1nc2ccccc2n1C)c1ccc2ccccc2c1. The number of thioether (sulfide) groups is 1. The lowest BCUT2D eigenvalue weighted by molar-refractivity contribution is -0.119. The second-order valence-corrected chi connectivity index (χ2v) is 7.57. The number of aromatic nitrogens is 2. The van der Waals surface area contributed by atoms with Gasteiger partial charge in [0.15, 0.2) is 5.16 Å². The number of imidazole rings is 1. The van der Waals surface area contributed by atoms with E-state index >= 15 is 0 Å². The fraction of sp³-hybridized carbons (Fsp3) is 0.182. The number of benzene rings is 3. The van der Waals surface area contributed by atoms with Gasteiger partial charge in [0.25, 0.3) is 0 Å². The normalized spacial score (nSPS) is 12.4.